The first kappa shape index (κ1) is 19.6. The predicted octanol–water partition coefficient (Wildman–Crippen LogP) is 7.55. The molecule has 5 aromatic rings. The van der Waals surface area contributed by atoms with Crippen molar-refractivity contribution in [2.24, 2.45) is 0 Å². The zero-order valence-electron chi connectivity index (χ0n) is 18.7. The maximum Gasteiger partial charge on any atom is 0.127 e. The van der Waals surface area contributed by atoms with Crippen molar-refractivity contribution in [2.75, 3.05) is 13.1 Å². The van der Waals surface area contributed by atoms with E-state index < -0.39 is 0 Å². The van der Waals surface area contributed by atoms with Gasteiger partial charge >= 0.3 is 0 Å². The van der Waals surface area contributed by atoms with Crippen LogP contribution in [-0.2, 0) is 13.0 Å². The lowest BCUT2D eigenvalue weighted by Gasteiger charge is -2.20. The summed E-state index contributed by atoms with van der Waals surface area (Å²) in [6.45, 7) is 5.45. The van der Waals surface area contributed by atoms with Crippen LogP contribution < -0.4 is 0 Å². The van der Waals surface area contributed by atoms with Crippen molar-refractivity contribution in [1.29, 1.82) is 0 Å². The molecule has 32 heavy (non-hydrogen) atoms. The Morgan fingerprint density at radius 3 is 2.28 bits per heavy atom. The number of aryl methyl sites for hydroxylation is 1. The van der Waals surface area contributed by atoms with Crippen molar-refractivity contribution < 1.29 is 5.11 Å². The highest BCUT2D eigenvalue weighted by Gasteiger charge is 2.18. The number of phenols is 1. The van der Waals surface area contributed by atoms with Crippen LogP contribution in [0.1, 0.15) is 37.3 Å². The Morgan fingerprint density at radius 2 is 1.44 bits per heavy atom. The fourth-order valence-electron chi connectivity index (χ4n) is 5.70. The molecule has 0 atom stereocenters. The van der Waals surface area contributed by atoms with Gasteiger partial charge in [0, 0.05) is 11.9 Å². The molecule has 0 unspecified atom stereocenters. The Bertz CT molecular complexity index is 1480. The molecule has 2 nitrogen and oxygen atoms in total. The smallest absolute Gasteiger partial charge is 0.127 e. The Labute approximate surface area is 189 Å². The van der Waals surface area contributed by atoms with Gasteiger partial charge in [-0.05, 0) is 87.2 Å². The van der Waals surface area contributed by atoms with Crippen LogP contribution in [0, 0.1) is 0 Å². The molecule has 0 spiro atoms. The number of benzene rings is 5. The molecule has 0 saturated carbocycles. The summed E-state index contributed by atoms with van der Waals surface area (Å²) >= 11 is 0. The molecule has 160 valence electrons. The second kappa shape index (κ2) is 7.79. The largest absolute Gasteiger partial charge is 0.507 e. The van der Waals surface area contributed by atoms with Crippen LogP contribution in [0.3, 0.4) is 0 Å². The van der Waals surface area contributed by atoms with E-state index in [9.17, 15) is 5.11 Å². The number of hydrogen-bond acceptors (Lipinski definition) is 2. The highest BCUT2D eigenvalue weighted by molar-refractivity contribution is 6.23. The van der Waals surface area contributed by atoms with E-state index in [1.807, 2.05) is 0 Å². The van der Waals surface area contributed by atoms with Crippen molar-refractivity contribution in [3.05, 3.63) is 77.9 Å². The molecule has 1 aliphatic heterocycles. The summed E-state index contributed by atoms with van der Waals surface area (Å²) in [6, 6.07) is 24.3. The molecular weight excluding hydrogens is 390 g/mol. The van der Waals surface area contributed by atoms with E-state index in [-0.39, 0.29) is 0 Å². The lowest BCUT2D eigenvalue weighted by Crippen LogP contribution is -2.18. The lowest BCUT2D eigenvalue weighted by molar-refractivity contribution is 0.333. The third kappa shape index (κ3) is 3.05. The zero-order valence-corrected chi connectivity index (χ0v) is 18.7. The van der Waals surface area contributed by atoms with Crippen molar-refractivity contribution in [3.8, 4) is 5.75 Å². The molecule has 1 N–H and O–H groups in total. The predicted molar refractivity (Wildman–Crippen MR) is 137 cm³/mol. The third-order valence-corrected chi connectivity index (χ3v) is 7.28. The minimum Gasteiger partial charge on any atom is -0.507 e. The van der Waals surface area contributed by atoms with Gasteiger partial charge in [0.25, 0.3) is 0 Å². The summed E-state index contributed by atoms with van der Waals surface area (Å²) in [6.07, 6.45) is 4.50. The van der Waals surface area contributed by atoms with E-state index in [1.54, 1.807) is 0 Å². The maximum atomic E-state index is 11.4. The minimum atomic E-state index is 0.470. The SMILES string of the molecule is CCCc1ccc2c(CN3CCCC3)cc3c4ccc5ccccc5c4ccc3c2c1O. The third-order valence-electron chi connectivity index (χ3n) is 7.28. The Hall–Kier alpha value is -3.10. The Morgan fingerprint density at radius 1 is 0.719 bits per heavy atom. The molecule has 0 radical (unpaired) electrons. The number of aromatic hydroxyl groups is 1. The van der Waals surface area contributed by atoms with Crippen LogP contribution in [0.25, 0.3) is 43.1 Å². The molecule has 6 rings (SSSR count). The van der Waals surface area contributed by atoms with Crippen LogP contribution in [-0.4, -0.2) is 23.1 Å². The van der Waals surface area contributed by atoms with Crippen molar-refractivity contribution >= 4 is 43.1 Å². The fraction of sp³-hybridized carbons (Fsp3) is 0.267. The van der Waals surface area contributed by atoms with Gasteiger partial charge in [0.15, 0.2) is 0 Å². The Balaban J connectivity index is 1.71. The summed E-state index contributed by atoms with van der Waals surface area (Å²) in [4.78, 5) is 2.55. The van der Waals surface area contributed by atoms with Crippen molar-refractivity contribution in [3.63, 3.8) is 0 Å². The first-order chi connectivity index (χ1) is 15.7. The quantitative estimate of drug-likeness (QED) is 0.304. The van der Waals surface area contributed by atoms with Gasteiger partial charge < -0.3 is 5.11 Å². The van der Waals surface area contributed by atoms with Gasteiger partial charge in [0.2, 0.25) is 0 Å². The van der Waals surface area contributed by atoms with E-state index in [1.165, 1.54) is 63.8 Å². The molecule has 2 heteroatoms. The molecule has 5 aromatic carbocycles. The molecule has 1 fully saturated rings. The minimum absolute atomic E-state index is 0.470. The molecule has 1 heterocycles. The molecular formula is C30H29NO. The number of hydrogen-bond donors (Lipinski definition) is 1. The Kier molecular flexibility index (Phi) is 4.77. The van der Waals surface area contributed by atoms with Gasteiger partial charge in [-0.2, -0.15) is 0 Å². The highest BCUT2D eigenvalue weighted by atomic mass is 16.3. The molecule has 0 bridgehead atoms. The van der Waals surface area contributed by atoms with Gasteiger partial charge in [-0.25, -0.2) is 0 Å². The topological polar surface area (TPSA) is 23.5 Å². The van der Waals surface area contributed by atoms with Crippen LogP contribution in [0.4, 0.5) is 0 Å². The summed E-state index contributed by atoms with van der Waals surface area (Å²) in [5.74, 6) is 0.470. The van der Waals surface area contributed by atoms with E-state index >= 15 is 0 Å². The van der Waals surface area contributed by atoms with E-state index in [0.717, 1.165) is 35.7 Å². The lowest BCUT2D eigenvalue weighted by atomic mass is 9.90. The van der Waals surface area contributed by atoms with Gasteiger partial charge in [0.1, 0.15) is 5.75 Å². The van der Waals surface area contributed by atoms with Gasteiger partial charge in [-0.1, -0.05) is 74.0 Å². The van der Waals surface area contributed by atoms with E-state index in [0.29, 0.717) is 5.75 Å². The number of rotatable bonds is 4. The first-order valence-electron chi connectivity index (χ1n) is 12.0. The van der Waals surface area contributed by atoms with Crippen LogP contribution in [0.2, 0.25) is 0 Å². The number of phenolic OH excluding ortho intramolecular Hbond substituents is 1. The summed E-state index contributed by atoms with van der Waals surface area (Å²) in [7, 11) is 0. The zero-order chi connectivity index (χ0) is 21.7. The van der Waals surface area contributed by atoms with Crippen molar-refractivity contribution in [2.45, 2.75) is 39.2 Å². The molecule has 1 aliphatic rings. The maximum absolute atomic E-state index is 11.4. The normalized spacial score (nSPS) is 14.9. The van der Waals surface area contributed by atoms with Crippen LogP contribution >= 0.6 is 0 Å². The fourth-order valence-corrected chi connectivity index (χ4v) is 5.70. The van der Waals surface area contributed by atoms with Gasteiger partial charge in [0.05, 0.1) is 0 Å². The first-order valence-corrected chi connectivity index (χ1v) is 12.0. The van der Waals surface area contributed by atoms with Crippen molar-refractivity contribution in [1.82, 2.24) is 4.90 Å². The summed E-state index contributed by atoms with van der Waals surface area (Å²) in [5, 5.41) is 21.1. The van der Waals surface area contributed by atoms with E-state index in [2.05, 4.69) is 78.6 Å². The number of fused-ring (bicyclic) bond motifs is 7. The molecule has 0 aromatic heterocycles. The molecule has 0 amide bonds. The van der Waals surface area contributed by atoms with Crippen LogP contribution in [0.15, 0.2) is 66.7 Å². The van der Waals surface area contributed by atoms with Crippen LogP contribution in [0.5, 0.6) is 5.75 Å². The monoisotopic (exact) mass is 419 g/mol. The second-order valence-corrected chi connectivity index (χ2v) is 9.31. The van der Waals surface area contributed by atoms with Gasteiger partial charge in [-0.15, -0.1) is 0 Å². The highest BCUT2D eigenvalue weighted by Crippen LogP contribution is 2.41. The molecule has 0 aliphatic carbocycles. The summed E-state index contributed by atoms with van der Waals surface area (Å²) in [5.41, 5.74) is 2.38. The van der Waals surface area contributed by atoms with E-state index in [4.69, 9.17) is 0 Å². The second-order valence-electron chi connectivity index (χ2n) is 9.31. The molecule has 1 saturated heterocycles. The number of nitrogens with zero attached hydrogens (tertiary/aromatic N) is 1. The summed E-state index contributed by atoms with van der Waals surface area (Å²) < 4.78 is 0. The average Bonchev–Trinajstić information content (AvgIpc) is 3.33. The standard InChI is InChI=1S/C30H29NO/c1-2-7-21-11-12-24-22(19-31-16-5-6-17-31)18-28-26-13-10-20-8-3-4-9-23(20)25(26)14-15-27(28)29(24)30(21)32/h3-4,8-15,18,32H,2,5-7,16-17,19H2,1H3. The average molecular weight is 420 g/mol. The van der Waals surface area contributed by atoms with Gasteiger partial charge in [-0.3, -0.25) is 4.90 Å². The number of likely N-dealkylation sites (tertiary alicyclic amines) is 1.